The average molecular weight is 312 g/mol. The lowest BCUT2D eigenvalue weighted by molar-refractivity contribution is -0.137. The van der Waals surface area contributed by atoms with Crippen LogP contribution in [0.15, 0.2) is 24.3 Å². The second-order valence-electron chi connectivity index (χ2n) is 5.66. The summed E-state index contributed by atoms with van der Waals surface area (Å²) in [6.45, 7) is 1.85. The van der Waals surface area contributed by atoms with E-state index in [1.165, 1.54) is 0 Å². The van der Waals surface area contributed by atoms with E-state index in [2.05, 4.69) is 12.2 Å². The standard InChI is InChI=1S/C18H32O4/c1-2-16(19)17(20)14-12-10-8-6-4-3-5-7-9-11-13-15-18(21)22/h4,6,10,12,16-17,19-20H,2-3,5,7-9,11,13-15H2,1H3,(H,21,22)/b6-4-,12-10-/t16-,17+/m1/s1. The first-order valence-electron chi connectivity index (χ1n) is 8.45. The fourth-order valence-corrected chi connectivity index (χ4v) is 2.12. The van der Waals surface area contributed by atoms with Crippen LogP contribution < -0.4 is 0 Å². The van der Waals surface area contributed by atoms with Crippen molar-refractivity contribution in [3.05, 3.63) is 24.3 Å². The molecule has 0 radical (unpaired) electrons. The van der Waals surface area contributed by atoms with E-state index in [0.29, 0.717) is 12.8 Å². The van der Waals surface area contributed by atoms with Gasteiger partial charge in [0, 0.05) is 6.42 Å². The molecule has 3 N–H and O–H groups in total. The number of aliphatic carboxylic acids is 1. The van der Waals surface area contributed by atoms with Crippen LogP contribution in [-0.2, 0) is 4.79 Å². The Bertz CT molecular complexity index is 323. The van der Waals surface area contributed by atoms with Crippen LogP contribution in [0.1, 0.15) is 71.1 Å². The van der Waals surface area contributed by atoms with Crippen molar-refractivity contribution in [1.82, 2.24) is 0 Å². The number of rotatable bonds is 14. The molecule has 2 atom stereocenters. The Kier molecular flexibility index (Phi) is 14.0. The first-order valence-corrected chi connectivity index (χ1v) is 8.45. The fraction of sp³-hybridized carbons (Fsp3) is 0.722. The molecule has 0 aliphatic rings. The third-order valence-electron chi connectivity index (χ3n) is 3.61. The molecule has 0 spiro atoms. The number of hydrogen-bond acceptors (Lipinski definition) is 3. The molecule has 0 bridgehead atoms. The number of carboxylic acid groups (broad SMARTS) is 1. The van der Waals surface area contributed by atoms with Crippen molar-refractivity contribution in [2.75, 3.05) is 0 Å². The predicted molar refractivity (Wildman–Crippen MR) is 89.8 cm³/mol. The monoisotopic (exact) mass is 312 g/mol. The Morgan fingerprint density at radius 2 is 1.55 bits per heavy atom. The summed E-state index contributed by atoms with van der Waals surface area (Å²) in [5.74, 6) is -0.701. The lowest BCUT2D eigenvalue weighted by Crippen LogP contribution is -2.23. The van der Waals surface area contributed by atoms with E-state index in [9.17, 15) is 15.0 Å². The number of hydrogen-bond donors (Lipinski definition) is 3. The van der Waals surface area contributed by atoms with Crippen LogP contribution in [-0.4, -0.2) is 33.5 Å². The molecule has 22 heavy (non-hydrogen) atoms. The summed E-state index contributed by atoms with van der Waals surface area (Å²) in [5.41, 5.74) is 0. The van der Waals surface area contributed by atoms with Gasteiger partial charge in [-0.15, -0.1) is 0 Å². The Labute approximate surface area is 134 Å². The maximum absolute atomic E-state index is 10.3. The number of carbonyl (C=O) groups is 1. The minimum absolute atomic E-state index is 0.288. The fourth-order valence-electron chi connectivity index (χ4n) is 2.12. The van der Waals surface area contributed by atoms with E-state index in [1.807, 2.05) is 19.1 Å². The van der Waals surface area contributed by atoms with Gasteiger partial charge in [-0.05, 0) is 38.5 Å². The van der Waals surface area contributed by atoms with E-state index < -0.39 is 18.2 Å². The van der Waals surface area contributed by atoms with E-state index >= 15 is 0 Å². The molecule has 0 amide bonds. The Morgan fingerprint density at radius 1 is 0.909 bits per heavy atom. The van der Waals surface area contributed by atoms with Gasteiger partial charge in [0.1, 0.15) is 0 Å². The van der Waals surface area contributed by atoms with Gasteiger partial charge < -0.3 is 15.3 Å². The molecule has 0 saturated heterocycles. The molecule has 0 aliphatic carbocycles. The van der Waals surface area contributed by atoms with E-state index in [0.717, 1.165) is 44.9 Å². The SMILES string of the molecule is CC[C@@H](O)[C@@H](O)C/C=C\C/C=C\CCCCCCCC(=O)O. The van der Waals surface area contributed by atoms with Crippen LogP contribution in [0.25, 0.3) is 0 Å². The molecule has 0 aromatic rings. The van der Waals surface area contributed by atoms with Crippen LogP contribution in [0, 0.1) is 0 Å². The molecule has 0 aromatic heterocycles. The third-order valence-corrected chi connectivity index (χ3v) is 3.61. The molecular weight excluding hydrogens is 280 g/mol. The van der Waals surface area contributed by atoms with Gasteiger partial charge in [0.15, 0.2) is 0 Å². The van der Waals surface area contributed by atoms with E-state index in [1.54, 1.807) is 0 Å². The summed E-state index contributed by atoms with van der Waals surface area (Å²) >= 11 is 0. The van der Waals surface area contributed by atoms with Gasteiger partial charge in [-0.25, -0.2) is 0 Å². The zero-order valence-corrected chi connectivity index (χ0v) is 13.8. The first kappa shape index (κ1) is 20.9. The second-order valence-corrected chi connectivity index (χ2v) is 5.66. The summed E-state index contributed by atoms with van der Waals surface area (Å²) in [4.78, 5) is 10.3. The zero-order chi connectivity index (χ0) is 16.6. The van der Waals surface area contributed by atoms with Gasteiger partial charge in [0.2, 0.25) is 0 Å². The zero-order valence-electron chi connectivity index (χ0n) is 13.8. The molecule has 4 heteroatoms. The van der Waals surface area contributed by atoms with Gasteiger partial charge >= 0.3 is 5.97 Å². The summed E-state index contributed by atoms with van der Waals surface area (Å²) < 4.78 is 0. The van der Waals surface area contributed by atoms with E-state index in [-0.39, 0.29) is 6.42 Å². The highest BCUT2D eigenvalue weighted by Gasteiger charge is 2.11. The molecule has 0 aromatic carbocycles. The molecular formula is C18H32O4. The molecule has 0 rings (SSSR count). The van der Waals surface area contributed by atoms with Crippen molar-refractivity contribution in [1.29, 1.82) is 0 Å². The van der Waals surface area contributed by atoms with Gasteiger partial charge in [-0.2, -0.15) is 0 Å². The molecule has 128 valence electrons. The van der Waals surface area contributed by atoms with Gasteiger partial charge in [0.05, 0.1) is 12.2 Å². The van der Waals surface area contributed by atoms with Crippen molar-refractivity contribution in [2.45, 2.75) is 83.3 Å². The Hall–Kier alpha value is -1.13. The highest BCUT2D eigenvalue weighted by molar-refractivity contribution is 5.66. The molecule has 0 aliphatic heterocycles. The van der Waals surface area contributed by atoms with Crippen molar-refractivity contribution in [3.8, 4) is 0 Å². The lowest BCUT2D eigenvalue weighted by Gasteiger charge is -2.13. The highest BCUT2D eigenvalue weighted by Crippen LogP contribution is 2.08. The average Bonchev–Trinajstić information content (AvgIpc) is 2.50. The van der Waals surface area contributed by atoms with Gasteiger partial charge in [-0.3, -0.25) is 4.79 Å². The van der Waals surface area contributed by atoms with Crippen LogP contribution in [0.5, 0.6) is 0 Å². The molecule has 0 fully saturated rings. The topological polar surface area (TPSA) is 77.8 Å². The second kappa shape index (κ2) is 14.8. The molecule has 0 unspecified atom stereocenters. The lowest BCUT2D eigenvalue weighted by atomic mass is 10.1. The normalized spacial score (nSPS) is 14.7. The van der Waals surface area contributed by atoms with Crippen molar-refractivity contribution in [2.24, 2.45) is 0 Å². The quantitative estimate of drug-likeness (QED) is 0.336. The predicted octanol–water partition coefficient (Wildman–Crippen LogP) is 3.83. The number of aliphatic hydroxyl groups excluding tert-OH is 2. The van der Waals surface area contributed by atoms with Crippen molar-refractivity contribution < 1.29 is 20.1 Å². The van der Waals surface area contributed by atoms with Crippen LogP contribution in [0.4, 0.5) is 0 Å². The third kappa shape index (κ3) is 13.8. The molecule has 4 nitrogen and oxygen atoms in total. The number of aliphatic hydroxyl groups is 2. The van der Waals surface area contributed by atoms with Crippen LogP contribution >= 0.6 is 0 Å². The molecule has 0 heterocycles. The number of unbranched alkanes of at least 4 members (excludes halogenated alkanes) is 5. The Morgan fingerprint density at radius 3 is 2.23 bits per heavy atom. The number of allylic oxidation sites excluding steroid dienone is 3. The highest BCUT2D eigenvalue weighted by atomic mass is 16.4. The summed E-state index contributed by atoms with van der Waals surface area (Å²) in [6, 6.07) is 0. The van der Waals surface area contributed by atoms with E-state index in [4.69, 9.17) is 5.11 Å². The van der Waals surface area contributed by atoms with Crippen molar-refractivity contribution in [3.63, 3.8) is 0 Å². The summed E-state index contributed by atoms with van der Waals surface area (Å²) in [6.07, 6.45) is 15.4. The Balaban J connectivity index is 3.39. The maximum atomic E-state index is 10.3. The van der Waals surface area contributed by atoms with Crippen LogP contribution in [0.2, 0.25) is 0 Å². The van der Waals surface area contributed by atoms with Gasteiger partial charge in [-0.1, -0.05) is 50.5 Å². The first-order chi connectivity index (χ1) is 10.6. The number of carboxylic acids is 1. The minimum atomic E-state index is -0.701. The largest absolute Gasteiger partial charge is 0.481 e. The summed E-state index contributed by atoms with van der Waals surface area (Å²) in [7, 11) is 0. The minimum Gasteiger partial charge on any atom is -0.481 e. The van der Waals surface area contributed by atoms with Crippen LogP contribution in [0.3, 0.4) is 0 Å². The van der Waals surface area contributed by atoms with Crippen molar-refractivity contribution >= 4 is 5.97 Å². The van der Waals surface area contributed by atoms with Gasteiger partial charge in [0.25, 0.3) is 0 Å². The maximum Gasteiger partial charge on any atom is 0.303 e. The summed E-state index contributed by atoms with van der Waals surface area (Å²) in [5, 5.41) is 27.5. The smallest absolute Gasteiger partial charge is 0.303 e. The molecule has 0 saturated carbocycles.